The van der Waals surface area contributed by atoms with Crippen LogP contribution in [0.2, 0.25) is 13.1 Å². The summed E-state index contributed by atoms with van der Waals surface area (Å²) in [6, 6.07) is 41.3. The van der Waals surface area contributed by atoms with Crippen molar-refractivity contribution in [1.82, 2.24) is 0 Å². The second-order valence-corrected chi connectivity index (χ2v) is 19.5. The Morgan fingerprint density at radius 3 is 1.65 bits per heavy atom. The van der Waals surface area contributed by atoms with Gasteiger partial charge >= 0.3 is 37.9 Å². The molecule has 2 saturated carbocycles. The molecule has 8 rings (SSSR count). The summed E-state index contributed by atoms with van der Waals surface area (Å²) in [4.78, 5) is 0. The number of aryl methyl sites for hydroxylation is 1. The molecule has 6 aromatic rings. The number of rotatable bonds is 5. The second-order valence-electron chi connectivity index (χ2n) is 14.7. The van der Waals surface area contributed by atoms with Crippen molar-refractivity contribution in [3.8, 4) is 22.3 Å². The predicted octanol–water partition coefficient (Wildman–Crippen LogP) is 15.8. The molecule has 0 aliphatic heterocycles. The average molecular weight is 809 g/mol. The fourth-order valence-corrected chi connectivity index (χ4v) is 8.06. The zero-order chi connectivity index (χ0) is 36.2. The Kier molecular flexibility index (Phi) is 15.9. The van der Waals surface area contributed by atoms with E-state index in [4.69, 9.17) is 17.0 Å². The van der Waals surface area contributed by atoms with E-state index in [1.54, 1.807) is 5.56 Å². The van der Waals surface area contributed by atoms with E-state index in [-0.39, 0.29) is 0 Å². The number of halogens is 2. The Morgan fingerprint density at radius 2 is 1.10 bits per heavy atom. The van der Waals surface area contributed by atoms with Gasteiger partial charge < -0.3 is 0 Å². The van der Waals surface area contributed by atoms with E-state index in [1.165, 1.54) is 118 Å². The van der Waals surface area contributed by atoms with Crippen molar-refractivity contribution in [2.75, 3.05) is 0 Å². The number of hydrogen-bond acceptors (Lipinski definition) is 0. The number of benzene rings is 4. The molecule has 2 fully saturated rings. The summed E-state index contributed by atoms with van der Waals surface area (Å²) < 4.78 is 0. The molecule has 0 N–H and O–H groups in total. The average Bonchev–Trinajstić information content (AvgIpc) is 3.93. The Balaban J connectivity index is 0.000000172. The monoisotopic (exact) mass is 806 g/mol. The topological polar surface area (TPSA) is 0 Å². The molecule has 0 heterocycles. The minimum atomic E-state index is -0.826. The van der Waals surface area contributed by atoms with E-state index in [2.05, 4.69) is 143 Å². The molecule has 2 radical (unpaired) electrons. The Hall–Kier alpha value is -2.22. The standard InChI is InChI=1S/C23H25.C22H23.C2H6Si.2ClH.Zr/c1-16(2)17-10-12-19(13-11-17)22-9-5-8-20-14-21(15-23(20)22)18-6-3-4-7-18;1-16-14-20-8-5-9-21(22(20)15-16)19-12-10-18(11-13-19)17-6-3-2-4-7-17;1-3-2;;;/h5,8-16,18H,3-4,6-7H2,1-2H3;5,8-15,17H,2-4,6-7H2,1H3;1-2H3;2*1H;/q2*-1;;;;+4/p-2. The van der Waals surface area contributed by atoms with Gasteiger partial charge in [-0.15, -0.1) is 69.1 Å². The van der Waals surface area contributed by atoms with Gasteiger partial charge in [-0.2, -0.15) is 12.1 Å². The van der Waals surface area contributed by atoms with Gasteiger partial charge in [0.05, 0.1) is 0 Å². The Morgan fingerprint density at radius 1 is 0.627 bits per heavy atom. The molecule has 0 bridgehead atoms. The molecule has 264 valence electrons. The molecule has 0 spiro atoms. The van der Waals surface area contributed by atoms with Gasteiger partial charge in [0.1, 0.15) is 0 Å². The van der Waals surface area contributed by atoms with E-state index in [0.717, 1.165) is 21.4 Å². The van der Waals surface area contributed by atoms with Crippen LogP contribution in [0.15, 0.2) is 109 Å². The summed E-state index contributed by atoms with van der Waals surface area (Å²) in [6.07, 6.45) is 12.5. The summed E-state index contributed by atoms with van der Waals surface area (Å²) in [5.74, 6) is 2.17. The van der Waals surface area contributed by atoms with Crippen LogP contribution < -0.4 is 0 Å². The van der Waals surface area contributed by atoms with Crippen molar-refractivity contribution in [1.29, 1.82) is 0 Å². The fourth-order valence-electron chi connectivity index (χ4n) is 8.06. The van der Waals surface area contributed by atoms with Crippen molar-refractivity contribution in [2.24, 2.45) is 0 Å². The van der Waals surface area contributed by atoms with E-state index in [9.17, 15) is 0 Å². The van der Waals surface area contributed by atoms with E-state index >= 15 is 0 Å². The van der Waals surface area contributed by atoms with Crippen molar-refractivity contribution >= 4 is 48.1 Å². The van der Waals surface area contributed by atoms with Gasteiger partial charge in [-0.3, -0.25) is 0 Å². The van der Waals surface area contributed by atoms with Crippen LogP contribution >= 0.6 is 17.0 Å². The number of fused-ring (bicyclic) bond motifs is 2. The summed E-state index contributed by atoms with van der Waals surface area (Å²) in [5, 5.41) is 5.56. The molecule has 0 atom stereocenters. The zero-order valence-corrected chi connectivity index (χ0v) is 36.2. The normalized spacial score (nSPS) is 14.7. The molecular weight excluding hydrogens is 755 g/mol. The van der Waals surface area contributed by atoms with Crippen LogP contribution in [0.4, 0.5) is 0 Å². The van der Waals surface area contributed by atoms with Crippen LogP contribution in [0.25, 0.3) is 43.8 Å². The third-order valence-electron chi connectivity index (χ3n) is 10.7. The van der Waals surface area contributed by atoms with E-state index < -0.39 is 20.8 Å². The van der Waals surface area contributed by atoms with Gasteiger partial charge in [-0.1, -0.05) is 138 Å². The Bertz CT molecular complexity index is 1900. The molecule has 4 heteroatoms. The summed E-state index contributed by atoms with van der Waals surface area (Å²) in [6.45, 7) is 11.0. The van der Waals surface area contributed by atoms with Crippen molar-refractivity contribution in [3.05, 3.63) is 131 Å². The van der Waals surface area contributed by atoms with Crippen LogP contribution in [0, 0.1) is 6.92 Å². The van der Waals surface area contributed by atoms with Crippen LogP contribution in [0.3, 0.4) is 0 Å². The first kappa shape index (κ1) is 40.0. The second kappa shape index (κ2) is 20.3. The van der Waals surface area contributed by atoms with Crippen molar-refractivity contribution in [3.63, 3.8) is 0 Å². The first-order chi connectivity index (χ1) is 24.9. The third kappa shape index (κ3) is 10.7. The van der Waals surface area contributed by atoms with Gasteiger partial charge in [-0.05, 0) is 65.7 Å². The quantitative estimate of drug-likeness (QED) is 0.120. The first-order valence-electron chi connectivity index (χ1n) is 19.0. The summed E-state index contributed by atoms with van der Waals surface area (Å²) in [7, 11) is 11.0. The molecule has 2 aliphatic carbocycles. The molecule has 6 aromatic carbocycles. The van der Waals surface area contributed by atoms with E-state index in [0.29, 0.717) is 5.92 Å². The Labute approximate surface area is 329 Å². The summed E-state index contributed by atoms with van der Waals surface area (Å²) >= 11 is -0.826. The molecule has 0 amide bonds. The molecule has 0 saturated heterocycles. The molecule has 2 aliphatic rings. The first-order valence-corrected chi connectivity index (χ1v) is 27.3. The zero-order valence-electron chi connectivity index (χ0n) is 31.2. The maximum atomic E-state index is 4.93. The SMILES string of the molecule is CC(C)c1ccc(-c2cccc3[cH-]c(C4CCCC4)cc23)cc1.C[Si]C.Cc1cc2c(-c3ccc(C4CCCCC4)cc3)cccc2[cH-]1.[Cl][Zr+2][Cl]. The van der Waals surface area contributed by atoms with Crippen molar-refractivity contribution in [2.45, 2.75) is 109 Å². The third-order valence-corrected chi connectivity index (χ3v) is 10.7. The van der Waals surface area contributed by atoms with Gasteiger partial charge in [0.15, 0.2) is 0 Å². The predicted molar refractivity (Wildman–Crippen MR) is 225 cm³/mol. The van der Waals surface area contributed by atoms with Crippen LogP contribution in [-0.2, 0) is 20.8 Å². The van der Waals surface area contributed by atoms with Crippen LogP contribution in [0.1, 0.15) is 112 Å². The minimum absolute atomic E-state index is 0.590. The molecule has 0 nitrogen and oxygen atoms in total. The summed E-state index contributed by atoms with van der Waals surface area (Å²) in [5.41, 5.74) is 11.3. The van der Waals surface area contributed by atoms with Crippen molar-refractivity contribution < 1.29 is 20.8 Å². The van der Waals surface area contributed by atoms with Crippen LogP contribution in [0.5, 0.6) is 0 Å². The van der Waals surface area contributed by atoms with Gasteiger partial charge in [0, 0.05) is 9.52 Å². The fraction of sp³-hybridized carbons (Fsp3) is 0.362. The molecular formula is C47H54Cl2SiZr. The van der Waals surface area contributed by atoms with Crippen LogP contribution in [-0.4, -0.2) is 9.52 Å². The number of hydrogen-bond donors (Lipinski definition) is 0. The van der Waals surface area contributed by atoms with E-state index in [1.807, 2.05) is 0 Å². The molecule has 0 aromatic heterocycles. The van der Waals surface area contributed by atoms with Gasteiger partial charge in [0.25, 0.3) is 0 Å². The molecule has 51 heavy (non-hydrogen) atoms. The van der Waals surface area contributed by atoms with Gasteiger partial charge in [0.2, 0.25) is 0 Å². The maximum absolute atomic E-state index is 4.93. The molecule has 0 unspecified atom stereocenters. The van der Waals surface area contributed by atoms with Gasteiger partial charge in [-0.25, -0.2) is 0 Å².